The lowest BCUT2D eigenvalue weighted by Crippen LogP contribution is -2.46. The molecule has 116 valence electrons. The zero-order valence-corrected chi connectivity index (χ0v) is 12.8. The van der Waals surface area contributed by atoms with Crippen LogP contribution in [0.25, 0.3) is 0 Å². The van der Waals surface area contributed by atoms with Crippen LogP contribution in [0.2, 0.25) is 0 Å². The van der Waals surface area contributed by atoms with Gasteiger partial charge in [0.05, 0.1) is 5.92 Å². The van der Waals surface area contributed by atoms with Crippen LogP contribution < -0.4 is 5.32 Å². The number of carbonyl (C=O) groups excluding carboxylic acids is 1. The Morgan fingerprint density at radius 3 is 2.45 bits per heavy atom. The molecule has 1 aliphatic rings. The van der Waals surface area contributed by atoms with E-state index >= 15 is 0 Å². The van der Waals surface area contributed by atoms with Crippen molar-refractivity contribution in [2.24, 2.45) is 11.8 Å². The van der Waals surface area contributed by atoms with Gasteiger partial charge in [0, 0.05) is 26.2 Å². The minimum absolute atomic E-state index is 0.0640. The molecule has 0 spiro atoms. The van der Waals surface area contributed by atoms with Gasteiger partial charge in [0.15, 0.2) is 0 Å². The lowest BCUT2D eigenvalue weighted by Gasteiger charge is -2.33. The highest BCUT2D eigenvalue weighted by atomic mass is 16.4. The van der Waals surface area contributed by atoms with Crippen LogP contribution in [0.5, 0.6) is 0 Å². The first kappa shape index (κ1) is 16.8. The zero-order valence-electron chi connectivity index (χ0n) is 12.8. The smallest absolute Gasteiger partial charge is 0.317 e. The Labute approximate surface area is 121 Å². The second-order valence-electron chi connectivity index (χ2n) is 5.95. The number of carboxylic acid groups (broad SMARTS) is 1. The van der Waals surface area contributed by atoms with Gasteiger partial charge < -0.3 is 20.2 Å². The highest BCUT2D eigenvalue weighted by Crippen LogP contribution is 2.17. The van der Waals surface area contributed by atoms with Gasteiger partial charge in [0.1, 0.15) is 0 Å². The number of urea groups is 1. The number of rotatable bonds is 6. The van der Waals surface area contributed by atoms with E-state index < -0.39 is 11.9 Å². The molecule has 1 atom stereocenters. The van der Waals surface area contributed by atoms with Crippen LogP contribution in [0.4, 0.5) is 4.79 Å². The number of hydrogen-bond acceptors (Lipinski definition) is 3. The summed E-state index contributed by atoms with van der Waals surface area (Å²) in [6.07, 6.45) is 2.55. The Bertz CT molecular complexity index is 326. The third-order valence-corrected chi connectivity index (χ3v) is 3.80. The number of nitrogens with zero attached hydrogens (tertiary/aromatic N) is 2. The average Bonchev–Trinajstić information content (AvgIpc) is 2.38. The minimum atomic E-state index is -0.816. The monoisotopic (exact) mass is 285 g/mol. The molecular formula is C14H27N3O3. The van der Waals surface area contributed by atoms with E-state index in [-0.39, 0.29) is 6.03 Å². The summed E-state index contributed by atoms with van der Waals surface area (Å²) in [5, 5.41) is 11.6. The van der Waals surface area contributed by atoms with Crippen LogP contribution in [0, 0.1) is 11.8 Å². The lowest BCUT2D eigenvalue weighted by atomic mass is 9.97. The third kappa shape index (κ3) is 5.77. The molecule has 1 aliphatic heterocycles. The maximum atomic E-state index is 11.9. The van der Waals surface area contributed by atoms with Crippen molar-refractivity contribution in [2.75, 3.05) is 40.3 Å². The van der Waals surface area contributed by atoms with Crippen molar-refractivity contribution >= 4 is 12.0 Å². The number of aliphatic carboxylic acids is 1. The molecule has 6 heteroatoms. The molecule has 1 rings (SSSR count). The second kappa shape index (κ2) is 8.09. The van der Waals surface area contributed by atoms with E-state index in [9.17, 15) is 9.59 Å². The third-order valence-electron chi connectivity index (χ3n) is 3.80. The Kier molecular flexibility index (Phi) is 6.78. The summed E-state index contributed by atoms with van der Waals surface area (Å²) < 4.78 is 0. The molecule has 6 nitrogen and oxygen atoms in total. The van der Waals surface area contributed by atoms with Gasteiger partial charge in [-0.25, -0.2) is 4.79 Å². The van der Waals surface area contributed by atoms with Gasteiger partial charge in [-0.15, -0.1) is 0 Å². The van der Waals surface area contributed by atoms with Gasteiger partial charge in [-0.3, -0.25) is 4.79 Å². The molecule has 0 aliphatic carbocycles. The van der Waals surface area contributed by atoms with E-state index in [1.165, 1.54) is 0 Å². The van der Waals surface area contributed by atoms with E-state index in [0.717, 1.165) is 32.5 Å². The van der Waals surface area contributed by atoms with E-state index in [4.69, 9.17) is 5.11 Å². The minimum Gasteiger partial charge on any atom is -0.481 e. The molecule has 0 aromatic heterocycles. The first-order chi connectivity index (χ1) is 9.40. The molecule has 0 aromatic rings. The summed E-state index contributed by atoms with van der Waals surface area (Å²) in [6, 6.07) is -0.0640. The van der Waals surface area contributed by atoms with Crippen LogP contribution in [0.1, 0.15) is 26.2 Å². The van der Waals surface area contributed by atoms with E-state index in [1.807, 2.05) is 4.90 Å². The summed E-state index contributed by atoms with van der Waals surface area (Å²) >= 11 is 0. The van der Waals surface area contributed by atoms with Crippen LogP contribution in [-0.4, -0.2) is 67.2 Å². The molecule has 0 aromatic carbocycles. The number of nitrogens with one attached hydrogen (secondary N) is 1. The topological polar surface area (TPSA) is 72.9 Å². The summed E-state index contributed by atoms with van der Waals surface area (Å²) in [7, 11) is 4.14. The lowest BCUT2D eigenvalue weighted by molar-refractivity contribution is -0.141. The number of carboxylic acids is 1. The number of amides is 2. The van der Waals surface area contributed by atoms with Gasteiger partial charge in [-0.05, 0) is 39.3 Å². The number of carbonyl (C=O) groups is 2. The quantitative estimate of drug-likeness (QED) is 0.766. The zero-order chi connectivity index (χ0) is 15.1. The first-order valence-corrected chi connectivity index (χ1v) is 7.30. The number of likely N-dealkylation sites (tertiary alicyclic amines) is 1. The maximum Gasteiger partial charge on any atom is 0.317 e. The molecule has 20 heavy (non-hydrogen) atoms. The summed E-state index contributed by atoms with van der Waals surface area (Å²) in [5.74, 6) is -0.564. The second-order valence-corrected chi connectivity index (χ2v) is 5.95. The fourth-order valence-corrected chi connectivity index (χ4v) is 2.47. The molecule has 0 bridgehead atoms. The highest BCUT2D eigenvalue weighted by molar-refractivity contribution is 5.74. The maximum absolute atomic E-state index is 11.9. The summed E-state index contributed by atoms with van der Waals surface area (Å²) in [5.41, 5.74) is 0. The Balaban J connectivity index is 2.21. The van der Waals surface area contributed by atoms with Crippen molar-refractivity contribution in [1.82, 2.24) is 15.1 Å². The van der Waals surface area contributed by atoms with Gasteiger partial charge in [0.2, 0.25) is 0 Å². The van der Waals surface area contributed by atoms with Crippen molar-refractivity contribution in [2.45, 2.75) is 26.2 Å². The summed E-state index contributed by atoms with van der Waals surface area (Å²) in [4.78, 5) is 26.6. The van der Waals surface area contributed by atoms with E-state index in [0.29, 0.717) is 18.9 Å². The average molecular weight is 285 g/mol. The normalized spacial score (nSPS) is 18.1. The Hall–Kier alpha value is -1.30. The molecule has 0 radical (unpaired) electrons. The van der Waals surface area contributed by atoms with Crippen LogP contribution in [0.3, 0.4) is 0 Å². The number of piperidine rings is 1. The van der Waals surface area contributed by atoms with Crippen LogP contribution in [0.15, 0.2) is 0 Å². The van der Waals surface area contributed by atoms with Gasteiger partial charge in [-0.2, -0.15) is 0 Å². The van der Waals surface area contributed by atoms with Crippen molar-refractivity contribution in [3.63, 3.8) is 0 Å². The van der Waals surface area contributed by atoms with Crippen LogP contribution in [-0.2, 0) is 4.79 Å². The molecule has 1 fully saturated rings. The molecule has 0 saturated carbocycles. The predicted octanol–water partition coefficient (Wildman–Crippen LogP) is 1.08. The molecule has 1 unspecified atom stereocenters. The highest BCUT2D eigenvalue weighted by Gasteiger charge is 2.23. The fraction of sp³-hybridized carbons (Fsp3) is 0.857. The standard InChI is InChI=1S/C14H27N3O3/c1-11(13(18)19)4-7-15-14(20)17-8-5-12(6-9-17)10-16(2)3/h11-12H,4-10H2,1-3H3,(H,15,20)(H,18,19). The van der Waals surface area contributed by atoms with Gasteiger partial charge in [0.25, 0.3) is 0 Å². The Morgan fingerprint density at radius 2 is 1.95 bits per heavy atom. The van der Waals surface area contributed by atoms with Crippen LogP contribution >= 0.6 is 0 Å². The van der Waals surface area contributed by atoms with Gasteiger partial charge >= 0.3 is 12.0 Å². The van der Waals surface area contributed by atoms with E-state index in [1.54, 1.807) is 6.92 Å². The van der Waals surface area contributed by atoms with Gasteiger partial charge in [-0.1, -0.05) is 6.92 Å². The first-order valence-electron chi connectivity index (χ1n) is 7.30. The number of hydrogen-bond donors (Lipinski definition) is 2. The SMILES string of the molecule is CC(CCNC(=O)N1CCC(CN(C)C)CC1)C(=O)O. The largest absolute Gasteiger partial charge is 0.481 e. The van der Waals surface area contributed by atoms with Crippen molar-refractivity contribution in [3.05, 3.63) is 0 Å². The Morgan fingerprint density at radius 1 is 1.35 bits per heavy atom. The molecule has 2 N–H and O–H groups in total. The van der Waals surface area contributed by atoms with Crippen molar-refractivity contribution in [3.8, 4) is 0 Å². The molecule has 1 heterocycles. The predicted molar refractivity (Wildman–Crippen MR) is 77.7 cm³/mol. The van der Waals surface area contributed by atoms with Crippen molar-refractivity contribution < 1.29 is 14.7 Å². The van der Waals surface area contributed by atoms with E-state index in [2.05, 4.69) is 24.3 Å². The molecule has 2 amide bonds. The fourth-order valence-electron chi connectivity index (χ4n) is 2.47. The summed E-state index contributed by atoms with van der Waals surface area (Å²) in [6.45, 7) is 4.73. The molecule has 1 saturated heterocycles. The van der Waals surface area contributed by atoms with Crippen molar-refractivity contribution in [1.29, 1.82) is 0 Å². The molecular weight excluding hydrogens is 258 g/mol.